The van der Waals surface area contributed by atoms with Crippen LogP contribution in [0.2, 0.25) is 25.7 Å². The summed E-state index contributed by atoms with van der Waals surface area (Å²) in [6.45, 7) is 10.2. The first-order valence-corrected chi connectivity index (χ1v) is 17.6. The molecule has 0 spiro atoms. The van der Waals surface area contributed by atoms with Crippen LogP contribution in [0, 0.1) is 5.92 Å². The number of alkyl halides is 1. The number of halogens is 1. The topological polar surface area (TPSA) is 73.9 Å². The van der Waals surface area contributed by atoms with Gasteiger partial charge in [-0.2, -0.15) is 10.2 Å². The summed E-state index contributed by atoms with van der Waals surface area (Å²) in [6, 6.07) is 3.26. The number of hydrogen-bond acceptors (Lipinski definition) is 6. The Morgan fingerprint density at radius 2 is 2.06 bits per heavy atom. The molecule has 0 aromatic carbocycles. The van der Waals surface area contributed by atoms with Crippen LogP contribution in [-0.2, 0) is 21.9 Å². The molecule has 194 valence electrons. The summed E-state index contributed by atoms with van der Waals surface area (Å²) in [5.74, 6) is 1.73. The Balaban J connectivity index is 1.33. The summed E-state index contributed by atoms with van der Waals surface area (Å²) in [6.07, 6.45) is 10.9. The van der Waals surface area contributed by atoms with Crippen molar-refractivity contribution < 1.29 is 9.47 Å². The van der Waals surface area contributed by atoms with Gasteiger partial charge < -0.3 is 14.0 Å². The molecule has 1 saturated heterocycles. The Morgan fingerprint density at radius 3 is 2.78 bits per heavy atom. The van der Waals surface area contributed by atoms with E-state index in [1.165, 1.54) is 30.9 Å². The first-order valence-electron chi connectivity index (χ1n) is 13.4. The van der Waals surface area contributed by atoms with Crippen molar-refractivity contribution in [1.29, 1.82) is 0 Å². The number of nitrogens with zero attached hydrogens (tertiary/aromatic N) is 5. The maximum absolute atomic E-state index is 6.27. The molecule has 4 heterocycles. The average molecular weight is 528 g/mol. The van der Waals surface area contributed by atoms with Gasteiger partial charge in [0.25, 0.3) is 0 Å². The third kappa shape index (κ3) is 6.33. The molecule has 1 atom stereocenters. The van der Waals surface area contributed by atoms with E-state index in [2.05, 4.69) is 46.6 Å². The number of hydrogen-bond donors (Lipinski definition) is 0. The van der Waals surface area contributed by atoms with Crippen molar-refractivity contribution in [3.8, 4) is 0 Å². The van der Waals surface area contributed by atoms with Crippen molar-refractivity contribution in [3.63, 3.8) is 0 Å². The molecular formula is C27H38ClN5O2Si. The number of imidazole rings is 1. The van der Waals surface area contributed by atoms with Crippen LogP contribution < -0.4 is 0 Å². The number of fused-ring (bicyclic) bond motifs is 1. The summed E-state index contributed by atoms with van der Waals surface area (Å²) in [5, 5.41) is 9.29. The van der Waals surface area contributed by atoms with Gasteiger partial charge in [-0.25, -0.2) is 9.97 Å². The molecule has 5 rings (SSSR count). The fourth-order valence-corrected chi connectivity index (χ4v) is 5.77. The van der Waals surface area contributed by atoms with Gasteiger partial charge in [0, 0.05) is 45.4 Å². The second kappa shape index (κ2) is 11.3. The highest BCUT2D eigenvalue weighted by molar-refractivity contribution is 6.76. The molecule has 1 aliphatic carbocycles. The molecular weight excluding hydrogens is 490 g/mol. The third-order valence-corrected chi connectivity index (χ3v) is 9.09. The van der Waals surface area contributed by atoms with Crippen LogP contribution in [0.15, 0.2) is 34.1 Å². The first-order chi connectivity index (χ1) is 17.4. The van der Waals surface area contributed by atoms with E-state index in [9.17, 15) is 0 Å². The number of rotatable bonds is 10. The first kappa shape index (κ1) is 25.8. The number of pyridine rings is 1. The molecule has 0 bridgehead atoms. The van der Waals surface area contributed by atoms with Gasteiger partial charge in [-0.05, 0) is 49.8 Å². The fraction of sp³-hybridized carbons (Fsp3) is 0.630. The summed E-state index contributed by atoms with van der Waals surface area (Å²) in [5.41, 5.74) is 5.98. The van der Waals surface area contributed by atoms with E-state index in [-0.39, 0.29) is 6.10 Å². The highest BCUT2D eigenvalue weighted by Crippen LogP contribution is 2.36. The number of aromatic nitrogens is 3. The van der Waals surface area contributed by atoms with Crippen LogP contribution in [0.1, 0.15) is 49.9 Å². The molecule has 0 unspecified atom stereocenters. The van der Waals surface area contributed by atoms with Gasteiger partial charge in [0.1, 0.15) is 11.3 Å². The van der Waals surface area contributed by atoms with Crippen molar-refractivity contribution in [2.45, 2.75) is 82.7 Å². The number of ether oxygens (including phenoxy) is 2. The van der Waals surface area contributed by atoms with E-state index in [1.807, 2.05) is 6.20 Å². The highest BCUT2D eigenvalue weighted by Gasteiger charge is 2.32. The molecule has 3 aliphatic rings. The molecule has 2 aromatic heterocycles. The molecule has 0 amide bonds. The van der Waals surface area contributed by atoms with Gasteiger partial charge in [-0.1, -0.05) is 25.7 Å². The minimum Gasteiger partial charge on any atom is -0.378 e. The Hall–Kier alpha value is -1.87. The Kier molecular flexibility index (Phi) is 8.05. The largest absolute Gasteiger partial charge is 0.378 e. The molecule has 7 nitrogen and oxygen atoms in total. The number of allylic oxidation sites excluding steroid dienone is 1. The summed E-state index contributed by atoms with van der Waals surface area (Å²) in [4.78, 5) is 9.61. The smallest absolute Gasteiger partial charge is 0.160 e. The maximum Gasteiger partial charge on any atom is 0.160 e. The Morgan fingerprint density at radius 1 is 1.19 bits per heavy atom. The average Bonchev–Trinajstić information content (AvgIpc) is 3.66. The van der Waals surface area contributed by atoms with Gasteiger partial charge >= 0.3 is 0 Å². The van der Waals surface area contributed by atoms with E-state index in [1.54, 1.807) is 0 Å². The van der Waals surface area contributed by atoms with Crippen LogP contribution in [0.5, 0.6) is 0 Å². The van der Waals surface area contributed by atoms with Gasteiger partial charge in [-0.15, -0.1) is 11.6 Å². The van der Waals surface area contributed by atoms with Gasteiger partial charge in [0.15, 0.2) is 5.65 Å². The van der Waals surface area contributed by atoms with Crippen LogP contribution in [0.3, 0.4) is 0 Å². The van der Waals surface area contributed by atoms with Crippen molar-refractivity contribution in [2.75, 3.05) is 19.8 Å². The van der Waals surface area contributed by atoms with E-state index < -0.39 is 8.07 Å². The van der Waals surface area contributed by atoms with E-state index in [0.717, 1.165) is 73.0 Å². The molecule has 36 heavy (non-hydrogen) atoms. The van der Waals surface area contributed by atoms with Crippen LogP contribution >= 0.6 is 11.6 Å². The lowest BCUT2D eigenvalue weighted by Crippen LogP contribution is -2.25. The standard InChI is InChI=1S/C27H38ClN5O2Si/c1-36(2,3)13-12-34-11-9-20-14-23(31-32-26(20)19-7-8-19)21-15-24-27(29-17-21)33(25(16-28)30-24)18-22-6-4-5-10-35-22/h9,15,17,19,22H,4-8,10-14,16,18H2,1-3H3/b20-9-/t22-/m0/s1. The zero-order valence-corrected chi connectivity index (χ0v) is 23.6. The van der Waals surface area contributed by atoms with Gasteiger partial charge in [0.05, 0.1) is 36.6 Å². The minimum atomic E-state index is -1.08. The summed E-state index contributed by atoms with van der Waals surface area (Å²) in [7, 11) is -1.08. The summed E-state index contributed by atoms with van der Waals surface area (Å²) >= 11 is 6.27. The third-order valence-electron chi connectivity index (χ3n) is 7.15. The van der Waals surface area contributed by atoms with E-state index in [4.69, 9.17) is 31.0 Å². The normalized spacial score (nSPS) is 22.2. The zero-order chi connectivity index (χ0) is 25.1. The monoisotopic (exact) mass is 527 g/mol. The maximum atomic E-state index is 6.27. The Labute approximate surface area is 220 Å². The van der Waals surface area contributed by atoms with Gasteiger partial charge in [-0.3, -0.25) is 0 Å². The van der Waals surface area contributed by atoms with Crippen molar-refractivity contribution in [2.24, 2.45) is 16.1 Å². The van der Waals surface area contributed by atoms with Crippen LogP contribution in [0.4, 0.5) is 0 Å². The summed E-state index contributed by atoms with van der Waals surface area (Å²) < 4.78 is 14.0. The SMILES string of the molecule is C[Si](C)(C)CCOC/C=C1/CC(c2cnc3c(c2)nc(CCl)n3C[C@@H]2CCCCO2)=NN=C1C1CC1. The quantitative estimate of drug-likeness (QED) is 0.216. The van der Waals surface area contributed by atoms with Crippen molar-refractivity contribution in [1.82, 2.24) is 14.5 Å². The second-order valence-corrected chi connectivity index (χ2v) is 17.3. The molecule has 0 N–H and O–H groups in total. The zero-order valence-electron chi connectivity index (χ0n) is 21.8. The van der Waals surface area contributed by atoms with E-state index >= 15 is 0 Å². The van der Waals surface area contributed by atoms with Crippen LogP contribution in [-0.4, -0.2) is 60.0 Å². The van der Waals surface area contributed by atoms with Crippen molar-refractivity contribution >= 4 is 42.3 Å². The molecule has 2 aliphatic heterocycles. The van der Waals surface area contributed by atoms with E-state index in [0.29, 0.717) is 18.4 Å². The fourth-order valence-electron chi connectivity index (χ4n) is 4.81. The second-order valence-electron chi connectivity index (χ2n) is 11.4. The molecule has 2 aromatic rings. The molecule has 9 heteroatoms. The van der Waals surface area contributed by atoms with Crippen LogP contribution in [0.25, 0.3) is 11.2 Å². The predicted octanol–water partition coefficient (Wildman–Crippen LogP) is 5.98. The lowest BCUT2D eigenvalue weighted by Gasteiger charge is -2.23. The molecule has 0 radical (unpaired) electrons. The minimum absolute atomic E-state index is 0.193. The molecule has 1 saturated carbocycles. The lowest BCUT2D eigenvalue weighted by atomic mass is 9.96. The Bertz CT molecular complexity index is 1170. The predicted molar refractivity (Wildman–Crippen MR) is 149 cm³/mol. The van der Waals surface area contributed by atoms with Crippen molar-refractivity contribution in [3.05, 3.63) is 35.3 Å². The van der Waals surface area contributed by atoms with Gasteiger partial charge in [0.2, 0.25) is 0 Å². The molecule has 2 fully saturated rings. The lowest BCUT2D eigenvalue weighted by molar-refractivity contribution is 0.00619. The highest BCUT2D eigenvalue weighted by atomic mass is 35.5.